The molecule has 0 bridgehead atoms. The summed E-state index contributed by atoms with van der Waals surface area (Å²) >= 11 is 0. The van der Waals surface area contributed by atoms with Crippen LogP contribution < -0.4 is 10.2 Å². The number of hydrogen-bond acceptors (Lipinski definition) is 3. The van der Waals surface area contributed by atoms with Crippen molar-refractivity contribution in [2.45, 2.75) is 19.4 Å². The molecule has 1 N–H and O–H groups in total. The van der Waals surface area contributed by atoms with Gasteiger partial charge in [-0.3, -0.25) is 9.48 Å². The van der Waals surface area contributed by atoms with Crippen molar-refractivity contribution in [2.24, 2.45) is 0 Å². The van der Waals surface area contributed by atoms with Crippen molar-refractivity contribution in [3.05, 3.63) is 78.1 Å². The summed E-state index contributed by atoms with van der Waals surface area (Å²) in [5.41, 5.74) is 3.75. The van der Waals surface area contributed by atoms with Crippen LogP contribution in [0.1, 0.15) is 28.8 Å². The van der Waals surface area contributed by atoms with Crippen LogP contribution >= 0.6 is 0 Å². The molecule has 5 nitrogen and oxygen atoms in total. The molecule has 1 aliphatic rings. The lowest BCUT2D eigenvalue weighted by Crippen LogP contribution is -2.21. The number of amides is 1. The molecular weight excluding hydrogens is 324 g/mol. The van der Waals surface area contributed by atoms with Crippen molar-refractivity contribution in [1.29, 1.82) is 0 Å². The van der Waals surface area contributed by atoms with Crippen LogP contribution in [0.2, 0.25) is 0 Å². The minimum Gasteiger partial charge on any atom is -0.370 e. The first-order valence-corrected chi connectivity index (χ1v) is 9.01. The van der Waals surface area contributed by atoms with E-state index in [4.69, 9.17) is 0 Å². The molecule has 4 rings (SSSR count). The lowest BCUT2D eigenvalue weighted by molar-refractivity contribution is 0.102. The number of anilines is 2. The number of nitrogens with one attached hydrogen (secondary N) is 1. The van der Waals surface area contributed by atoms with Crippen LogP contribution in [0.5, 0.6) is 0 Å². The van der Waals surface area contributed by atoms with E-state index in [1.165, 1.54) is 12.8 Å². The molecule has 3 aromatic rings. The molecule has 1 aromatic heterocycles. The second kappa shape index (κ2) is 7.44. The van der Waals surface area contributed by atoms with Crippen LogP contribution in [0.15, 0.2) is 67.0 Å². The summed E-state index contributed by atoms with van der Waals surface area (Å²) in [4.78, 5) is 15.0. The minimum atomic E-state index is -0.0812. The third-order valence-electron chi connectivity index (χ3n) is 4.72. The van der Waals surface area contributed by atoms with Crippen molar-refractivity contribution in [1.82, 2.24) is 9.78 Å². The summed E-state index contributed by atoms with van der Waals surface area (Å²) in [5.74, 6) is -0.0812. The highest BCUT2D eigenvalue weighted by Gasteiger charge is 2.17. The van der Waals surface area contributed by atoms with Gasteiger partial charge in [0.15, 0.2) is 0 Å². The Labute approximate surface area is 153 Å². The van der Waals surface area contributed by atoms with Gasteiger partial charge in [-0.05, 0) is 48.7 Å². The van der Waals surface area contributed by atoms with E-state index in [2.05, 4.69) is 21.4 Å². The highest BCUT2D eigenvalue weighted by Crippen LogP contribution is 2.29. The van der Waals surface area contributed by atoms with Crippen LogP contribution in [-0.4, -0.2) is 28.8 Å². The predicted molar refractivity (Wildman–Crippen MR) is 104 cm³/mol. The van der Waals surface area contributed by atoms with Gasteiger partial charge in [-0.2, -0.15) is 5.10 Å². The Morgan fingerprint density at radius 3 is 2.50 bits per heavy atom. The van der Waals surface area contributed by atoms with Gasteiger partial charge in [0.2, 0.25) is 0 Å². The zero-order valence-electron chi connectivity index (χ0n) is 14.6. The Morgan fingerprint density at radius 2 is 1.77 bits per heavy atom. The maximum absolute atomic E-state index is 12.7. The molecule has 0 aliphatic carbocycles. The highest BCUT2D eigenvalue weighted by atomic mass is 16.1. The Hall–Kier alpha value is -3.08. The molecule has 0 saturated carbocycles. The van der Waals surface area contributed by atoms with Gasteiger partial charge in [0.05, 0.1) is 17.9 Å². The van der Waals surface area contributed by atoms with Crippen LogP contribution in [0.4, 0.5) is 11.4 Å². The minimum absolute atomic E-state index is 0.0812. The Kier molecular flexibility index (Phi) is 4.69. The molecule has 0 radical (unpaired) electrons. The van der Waals surface area contributed by atoms with Crippen LogP contribution in [0, 0.1) is 0 Å². The van der Waals surface area contributed by atoms with Gasteiger partial charge in [0.25, 0.3) is 5.91 Å². The second-order valence-electron chi connectivity index (χ2n) is 6.57. The molecule has 1 aliphatic heterocycles. The number of nitrogens with zero attached hydrogens (tertiary/aromatic N) is 3. The first-order valence-electron chi connectivity index (χ1n) is 9.01. The quantitative estimate of drug-likeness (QED) is 0.765. The fourth-order valence-corrected chi connectivity index (χ4v) is 3.35. The van der Waals surface area contributed by atoms with Gasteiger partial charge in [0, 0.05) is 31.0 Å². The van der Waals surface area contributed by atoms with Crippen molar-refractivity contribution in [3.63, 3.8) is 0 Å². The molecule has 2 heterocycles. The molecule has 0 spiro atoms. The summed E-state index contributed by atoms with van der Waals surface area (Å²) < 4.78 is 1.86. The van der Waals surface area contributed by atoms with E-state index < -0.39 is 0 Å². The van der Waals surface area contributed by atoms with Gasteiger partial charge < -0.3 is 10.2 Å². The fraction of sp³-hybridized carbons (Fsp3) is 0.238. The van der Waals surface area contributed by atoms with E-state index >= 15 is 0 Å². The molecule has 0 unspecified atom stereocenters. The van der Waals surface area contributed by atoms with E-state index in [0.29, 0.717) is 12.1 Å². The average Bonchev–Trinajstić information content (AvgIpc) is 3.37. The average molecular weight is 346 g/mol. The maximum Gasteiger partial charge on any atom is 0.255 e. The Balaban J connectivity index is 1.46. The molecule has 5 heteroatoms. The molecule has 1 fully saturated rings. The van der Waals surface area contributed by atoms with Crippen molar-refractivity contribution in [3.8, 4) is 0 Å². The maximum atomic E-state index is 12.7. The topological polar surface area (TPSA) is 50.2 Å². The van der Waals surface area contributed by atoms with E-state index in [-0.39, 0.29) is 5.91 Å². The molecule has 0 atom stereocenters. The smallest absolute Gasteiger partial charge is 0.255 e. The van der Waals surface area contributed by atoms with Crippen LogP contribution in [0.3, 0.4) is 0 Å². The summed E-state index contributed by atoms with van der Waals surface area (Å²) in [6.07, 6.45) is 6.11. The Bertz CT molecular complexity index is 865. The van der Waals surface area contributed by atoms with E-state index in [1.54, 1.807) is 6.20 Å². The summed E-state index contributed by atoms with van der Waals surface area (Å²) in [7, 11) is 0. The second-order valence-corrected chi connectivity index (χ2v) is 6.57. The number of hydrogen-bond donors (Lipinski definition) is 1. The molecule has 132 valence electrons. The summed E-state index contributed by atoms with van der Waals surface area (Å²) in [5, 5.41) is 7.28. The Morgan fingerprint density at radius 1 is 1.00 bits per heavy atom. The van der Waals surface area contributed by atoms with Gasteiger partial charge in [0.1, 0.15) is 0 Å². The summed E-state index contributed by atoms with van der Waals surface area (Å²) in [6.45, 7) is 2.80. The lowest BCUT2D eigenvalue weighted by Gasteiger charge is -2.21. The third kappa shape index (κ3) is 3.61. The van der Waals surface area contributed by atoms with E-state index in [0.717, 1.165) is 30.0 Å². The van der Waals surface area contributed by atoms with Gasteiger partial charge in [-0.25, -0.2) is 0 Å². The number of carbonyl (C=O) groups is 1. The monoisotopic (exact) mass is 346 g/mol. The van der Waals surface area contributed by atoms with Crippen LogP contribution in [0.25, 0.3) is 0 Å². The molecule has 26 heavy (non-hydrogen) atoms. The first kappa shape index (κ1) is 16.4. The number of aromatic nitrogens is 2. The molecular formula is C21H22N4O. The third-order valence-corrected chi connectivity index (χ3v) is 4.72. The largest absolute Gasteiger partial charge is 0.370 e. The number of rotatable bonds is 5. The summed E-state index contributed by atoms with van der Waals surface area (Å²) in [6, 6.07) is 17.6. The van der Waals surface area contributed by atoms with Gasteiger partial charge in [-0.1, -0.05) is 24.3 Å². The van der Waals surface area contributed by atoms with Crippen molar-refractivity contribution < 1.29 is 4.79 Å². The molecule has 1 saturated heterocycles. The molecule has 1 amide bonds. The predicted octanol–water partition coefficient (Wildman–Crippen LogP) is 3.78. The van der Waals surface area contributed by atoms with E-state index in [1.807, 2.05) is 59.4 Å². The number of benzene rings is 2. The SMILES string of the molecule is O=C(Nc1ccccc1N1CCCC1)c1ccc(Cn2cccn2)cc1. The first-order chi connectivity index (χ1) is 12.8. The van der Waals surface area contributed by atoms with Gasteiger partial charge >= 0.3 is 0 Å². The van der Waals surface area contributed by atoms with Crippen molar-refractivity contribution >= 4 is 17.3 Å². The standard InChI is InChI=1S/C21H22N4O/c26-21(18-10-8-17(9-11-18)16-25-15-5-12-22-25)23-19-6-1-2-7-20(19)24-13-3-4-14-24/h1-2,5-12,15H,3-4,13-14,16H2,(H,23,26). The van der Waals surface area contributed by atoms with Gasteiger partial charge in [-0.15, -0.1) is 0 Å². The highest BCUT2D eigenvalue weighted by molar-refractivity contribution is 6.06. The number of carbonyl (C=O) groups excluding carboxylic acids is 1. The zero-order valence-corrected chi connectivity index (χ0v) is 14.6. The fourth-order valence-electron chi connectivity index (χ4n) is 3.35. The zero-order chi connectivity index (χ0) is 17.8. The van der Waals surface area contributed by atoms with E-state index in [9.17, 15) is 4.79 Å². The van der Waals surface area contributed by atoms with Crippen LogP contribution in [-0.2, 0) is 6.54 Å². The normalized spacial score (nSPS) is 13.8. The van der Waals surface area contributed by atoms with Crippen molar-refractivity contribution in [2.75, 3.05) is 23.3 Å². The number of para-hydroxylation sites is 2. The lowest BCUT2D eigenvalue weighted by atomic mass is 10.1. The molecule has 2 aromatic carbocycles.